The lowest BCUT2D eigenvalue weighted by atomic mass is 10.1. The SMILES string of the molecule is COc1cc(-c2nnc3n2NC(c2ccco2)C(C(=O)c2cccs2)S3)cc(OC)c1OC. The molecule has 4 aromatic rings. The van der Waals surface area contributed by atoms with Crippen LogP contribution in [0, 0.1) is 0 Å². The maximum Gasteiger partial charge on any atom is 0.211 e. The van der Waals surface area contributed by atoms with E-state index in [2.05, 4.69) is 15.6 Å². The van der Waals surface area contributed by atoms with Crippen molar-refractivity contribution in [3.05, 3.63) is 58.7 Å². The molecule has 170 valence electrons. The highest BCUT2D eigenvalue weighted by atomic mass is 32.2. The predicted molar refractivity (Wildman–Crippen MR) is 124 cm³/mol. The summed E-state index contributed by atoms with van der Waals surface area (Å²) in [6, 6.07) is 10.5. The molecule has 3 aromatic heterocycles. The third-order valence-electron chi connectivity index (χ3n) is 5.23. The van der Waals surface area contributed by atoms with Crippen molar-refractivity contribution in [2.45, 2.75) is 16.4 Å². The van der Waals surface area contributed by atoms with E-state index in [1.165, 1.54) is 23.1 Å². The van der Waals surface area contributed by atoms with Gasteiger partial charge in [-0.25, -0.2) is 4.68 Å². The Morgan fingerprint density at radius 2 is 1.88 bits per heavy atom. The molecule has 0 saturated heterocycles. The molecule has 1 aliphatic heterocycles. The molecule has 4 heterocycles. The molecule has 1 aliphatic rings. The lowest BCUT2D eigenvalue weighted by molar-refractivity contribution is 0.0981. The van der Waals surface area contributed by atoms with E-state index in [4.69, 9.17) is 18.6 Å². The maximum atomic E-state index is 13.3. The zero-order chi connectivity index (χ0) is 22.9. The molecule has 11 heteroatoms. The van der Waals surface area contributed by atoms with Gasteiger partial charge in [0.2, 0.25) is 10.9 Å². The van der Waals surface area contributed by atoms with E-state index in [1.807, 2.05) is 23.6 Å². The number of aromatic nitrogens is 3. The average Bonchev–Trinajstić information content (AvgIpc) is 3.63. The number of ether oxygens (including phenoxy) is 3. The maximum absolute atomic E-state index is 13.3. The number of Topliss-reactive ketones (excluding diaryl/α,β-unsaturated/α-hetero) is 1. The number of rotatable bonds is 7. The number of thiophene rings is 1. The standard InChI is InChI=1S/C22H20N4O5S2/c1-28-14-10-12(11-15(29-2)19(14)30-3)21-23-24-22-26(21)25-17(13-6-4-8-31-13)20(33-22)18(27)16-7-5-9-32-16/h4-11,17,20,25H,1-3H3. The highest BCUT2D eigenvalue weighted by Crippen LogP contribution is 2.44. The van der Waals surface area contributed by atoms with Crippen LogP contribution in [0.4, 0.5) is 0 Å². The van der Waals surface area contributed by atoms with Gasteiger partial charge in [0.05, 0.1) is 32.5 Å². The van der Waals surface area contributed by atoms with E-state index in [9.17, 15) is 4.79 Å². The molecule has 0 radical (unpaired) electrons. The highest BCUT2D eigenvalue weighted by Gasteiger charge is 2.40. The molecule has 0 fully saturated rings. The normalized spacial score (nSPS) is 17.2. The summed E-state index contributed by atoms with van der Waals surface area (Å²) >= 11 is 2.76. The van der Waals surface area contributed by atoms with E-state index in [1.54, 1.807) is 50.5 Å². The van der Waals surface area contributed by atoms with Gasteiger partial charge in [-0.15, -0.1) is 21.5 Å². The summed E-state index contributed by atoms with van der Waals surface area (Å²) in [4.78, 5) is 14.0. The zero-order valence-electron chi connectivity index (χ0n) is 18.0. The lowest BCUT2D eigenvalue weighted by Crippen LogP contribution is -2.38. The quantitative estimate of drug-likeness (QED) is 0.385. The Morgan fingerprint density at radius 1 is 1.09 bits per heavy atom. The molecule has 2 atom stereocenters. The van der Waals surface area contributed by atoms with Crippen LogP contribution >= 0.6 is 23.1 Å². The Kier molecular flexibility index (Phi) is 5.73. The fourth-order valence-corrected chi connectivity index (χ4v) is 5.60. The molecule has 0 amide bonds. The van der Waals surface area contributed by atoms with Crippen molar-refractivity contribution in [1.82, 2.24) is 14.9 Å². The van der Waals surface area contributed by atoms with Gasteiger partial charge in [-0.1, -0.05) is 17.8 Å². The molecule has 2 unspecified atom stereocenters. The molecule has 0 aliphatic carbocycles. The highest BCUT2D eigenvalue weighted by molar-refractivity contribution is 8.00. The van der Waals surface area contributed by atoms with Gasteiger partial charge >= 0.3 is 0 Å². The van der Waals surface area contributed by atoms with E-state index in [-0.39, 0.29) is 5.78 Å². The summed E-state index contributed by atoms with van der Waals surface area (Å²) in [6.45, 7) is 0. The predicted octanol–water partition coefficient (Wildman–Crippen LogP) is 4.27. The van der Waals surface area contributed by atoms with Crippen LogP contribution in [0.1, 0.15) is 21.5 Å². The van der Waals surface area contributed by atoms with Crippen molar-refractivity contribution in [2.75, 3.05) is 26.8 Å². The van der Waals surface area contributed by atoms with Crippen LogP contribution in [0.5, 0.6) is 17.2 Å². The van der Waals surface area contributed by atoms with Crippen molar-refractivity contribution >= 4 is 28.9 Å². The number of benzene rings is 1. The number of nitrogens with one attached hydrogen (secondary N) is 1. The fraction of sp³-hybridized carbons (Fsp3) is 0.227. The van der Waals surface area contributed by atoms with Crippen LogP contribution < -0.4 is 19.6 Å². The van der Waals surface area contributed by atoms with E-state index < -0.39 is 11.3 Å². The summed E-state index contributed by atoms with van der Waals surface area (Å²) in [5.41, 5.74) is 4.10. The number of hydrogen-bond acceptors (Lipinski definition) is 10. The number of carbonyl (C=O) groups excluding carboxylic acids is 1. The molecule has 0 saturated carbocycles. The largest absolute Gasteiger partial charge is 0.493 e. The van der Waals surface area contributed by atoms with Gasteiger partial charge < -0.3 is 24.1 Å². The molecule has 0 spiro atoms. The van der Waals surface area contributed by atoms with Gasteiger partial charge in [0, 0.05) is 5.56 Å². The summed E-state index contributed by atoms with van der Waals surface area (Å²) in [6.07, 6.45) is 1.59. The number of carbonyl (C=O) groups is 1. The average molecular weight is 485 g/mol. The van der Waals surface area contributed by atoms with E-state index in [0.29, 0.717) is 44.4 Å². The Morgan fingerprint density at radius 3 is 2.48 bits per heavy atom. The van der Waals surface area contributed by atoms with Gasteiger partial charge in [0.15, 0.2) is 23.1 Å². The first-order valence-electron chi connectivity index (χ1n) is 9.94. The summed E-state index contributed by atoms with van der Waals surface area (Å²) in [5.74, 6) is 2.68. The third kappa shape index (κ3) is 3.72. The molecule has 1 aromatic carbocycles. The number of fused-ring (bicyclic) bond motifs is 1. The van der Waals surface area contributed by atoms with Gasteiger partial charge in [-0.2, -0.15) is 0 Å². The van der Waals surface area contributed by atoms with Crippen molar-refractivity contribution in [3.63, 3.8) is 0 Å². The smallest absolute Gasteiger partial charge is 0.211 e. The molecular weight excluding hydrogens is 464 g/mol. The summed E-state index contributed by atoms with van der Waals surface area (Å²) < 4.78 is 23.8. The van der Waals surface area contributed by atoms with Gasteiger partial charge in [0.25, 0.3) is 0 Å². The van der Waals surface area contributed by atoms with Crippen LogP contribution in [0.2, 0.25) is 0 Å². The Balaban J connectivity index is 1.58. The van der Waals surface area contributed by atoms with Gasteiger partial charge in [-0.3, -0.25) is 4.79 Å². The minimum Gasteiger partial charge on any atom is -0.493 e. The van der Waals surface area contributed by atoms with Crippen LogP contribution in [0.3, 0.4) is 0 Å². The zero-order valence-corrected chi connectivity index (χ0v) is 19.6. The minimum atomic E-state index is -0.473. The number of thioether (sulfide) groups is 1. The number of ketones is 1. The molecular formula is C22H20N4O5S2. The Bertz CT molecular complexity index is 1250. The fourth-order valence-electron chi connectivity index (χ4n) is 3.69. The Labute approximate surface area is 197 Å². The first-order valence-corrected chi connectivity index (χ1v) is 11.7. The van der Waals surface area contributed by atoms with Gasteiger partial charge in [0.1, 0.15) is 17.1 Å². The Hall–Kier alpha value is -3.44. The number of hydrogen-bond donors (Lipinski definition) is 1. The molecule has 33 heavy (non-hydrogen) atoms. The number of furan rings is 1. The first kappa shape index (κ1) is 21.4. The lowest BCUT2D eigenvalue weighted by Gasteiger charge is -2.31. The van der Waals surface area contributed by atoms with Crippen LogP contribution in [-0.4, -0.2) is 47.2 Å². The van der Waals surface area contributed by atoms with Crippen molar-refractivity contribution in [2.24, 2.45) is 0 Å². The number of methoxy groups -OCH3 is 3. The van der Waals surface area contributed by atoms with Crippen molar-refractivity contribution in [3.8, 4) is 28.6 Å². The van der Waals surface area contributed by atoms with E-state index >= 15 is 0 Å². The second-order valence-corrected chi connectivity index (χ2v) is 9.11. The second-order valence-electron chi connectivity index (χ2n) is 7.06. The topological polar surface area (TPSA) is 101 Å². The molecule has 9 nitrogen and oxygen atoms in total. The minimum absolute atomic E-state index is 0.00693. The summed E-state index contributed by atoms with van der Waals surface area (Å²) in [7, 11) is 4.67. The van der Waals surface area contributed by atoms with Crippen molar-refractivity contribution in [1.29, 1.82) is 0 Å². The summed E-state index contributed by atoms with van der Waals surface area (Å²) in [5, 5.41) is 10.7. The monoisotopic (exact) mass is 484 g/mol. The molecule has 0 bridgehead atoms. The first-order chi connectivity index (χ1) is 16.1. The molecule has 1 N–H and O–H groups in total. The second kappa shape index (κ2) is 8.83. The van der Waals surface area contributed by atoms with Crippen molar-refractivity contribution < 1.29 is 23.4 Å². The molecule has 5 rings (SSSR count). The van der Waals surface area contributed by atoms with Crippen LogP contribution in [-0.2, 0) is 0 Å². The number of nitrogens with zero attached hydrogens (tertiary/aromatic N) is 3. The van der Waals surface area contributed by atoms with Gasteiger partial charge in [-0.05, 0) is 35.7 Å². The van der Waals surface area contributed by atoms with Crippen LogP contribution in [0.25, 0.3) is 11.4 Å². The van der Waals surface area contributed by atoms with Crippen LogP contribution in [0.15, 0.2) is 57.6 Å². The van der Waals surface area contributed by atoms with E-state index in [0.717, 1.165) is 0 Å². The third-order valence-corrected chi connectivity index (χ3v) is 7.33.